The summed E-state index contributed by atoms with van der Waals surface area (Å²) in [5.74, 6) is 0.182. The Morgan fingerprint density at radius 3 is 1.86 bits per heavy atom. The van der Waals surface area contributed by atoms with Crippen LogP contribution >= 0.6 is 0 Å². The Labute approximate surface area is 221 Å². The van der Waals surface area contributed by atoms with Crippen molar-refractivity contribution in [3.8, 4) is 0 Å². The summed E-state index contributed by atoms with van der Waals surface area (Å²) in [5.41, 5.74) is 7.52. The highest BCUT2D eigenvalue weighted by Crippen LogP contribution is 2.56. The molecule has 3 atom stereocenters. The molecule has 9 heteroatoms. The van der Waals surface area contributed by atoms with Crippen LogP contribution in [0.1, 0.15) is 95.7 Å². The molecule has 2 rings (SSSR count). The minimum atomic E-state index is -2.46. The topological polar surface area (TPSA) is 99.6 Å². The van der Waals surface area contributed by atoms with Gasteiger partial charge in [0.25, 0.3) is 0 Å². The maximum absolute atomic E-state index is 12.9. The highest BCUT2D eigenvalue weighted by Gasteiger charge is 2.66. The lowest BCUT2D eigenvalue weighted by Crippen LogP contribution is -2.69. The van der Waals surface area contributed by atoms with Gasteiger partial charge in [-0.2, -0.15) is 4.98 Å². The largest absolute Gasteiger partial charge is 0.413 e. The maximum atomic E-state index is 12.9. The number of aromatic nitrogens is 2. The molecule has 7 nitrogen and oxygen atoms in total. The van der Waals surface area contributed by atoms with Gasteiger partial charge < -0.3 is 20.0 Å². The van der Waals surface area contributed by atoms with E-state index in [0.717, 1.165) is 0 Å². The number of aliphatic hydroxyl groups is 1. The molecule has 0 unspecified atom stereocenters. The molecule has 36 heavy (non-hydrogen) atoms. The highest BCUT2D eigenvalue weighted by molar-refractivity contribution is 6.86. The van der Waals surface area contributed by atoms with Crippen LogP contribution in [0.15, 0.2) is 17.1 Å². The Hall–Kier alpha value is -1.01. The predicted molar refractivity (Wildman–Crippen MR) is 154 cm³/mol. The molecule has 1 aromatic rings. The number of rotatable bonds is 11. The molecule has 2 heterocycles. The Morgan fingerprint density at radius 2 is 1.47 bits per heavy atom. The summed E-state index contributed by atoms with van der Waals surface area (Å²) < 4.78 is 15.1. The second-order valence-electron chi connectivity index (χ2n) is 12.8. The van der Waals surface area contributed by atoms with E-state index in [2.05, 4.69) is 88.1 Å². The zero-order chi connectivity index (χ0) is 27.8. The van der Waals surface area contributed by atoms with Gasteiger partial charge in [0.2, 0.25) is 0 Å². The molecule has 208 valence electrons. The number of ether oxygens (including phenoxy) is 1. The number of hydrogen-bond acceptors (Lipinski definition) is 6. The number of hydrogen-bond donors (Lipinski definition) is 2. The zero-order valence-electron chi connectivity index (χ0n) is 24.8. The van der Waals surface area contributed by atoms with Crippen molar-refractivity contribution in [3.05, 3.63) is 22.7 Å². The minimum absolute atomic E-state index is 0.182. The van der Waals surface area contributed by atoms with Crippen LogP contribution in [0.4, 0.5) is 5.82 Å². The van der Waals surface area contributed by atoms with Crippen molar-refractivity contribution >= 4 is 22.2 Å². The summed E-state index contributed by atoms with van der Waals surface area (Å²) in [4.78, 5) is 16.7. The second kappa shape index (κ2) is 11.4. The van der Waals surface area contributed by atoms with Crippen LogP contribution in [-0.4, -0.2) is 49.0 Å². The van der Waals surface area contributed by atoms with Gasteiger partial charge in [0.15, 0.2) is 8.32 Å². The number of anilines is 1. The van der Waals surface area contributed by atoms with Crippen LogP contribution in [-0.2, 0) is 9.16 Å². The molecular weight excluding hydrogens is 486 g/mol. The lowest BCUT2D eigenvalue weighted by Gasteiger charge is -2.54. The van der Waals surface area contributed by atoms with E-state index in [1.54, 1.807) is 12.3 Å². The standard InChI is InChI=1S/C27H53N3O4Si2/c1-17(2)35(18(3)4,19(5)6)27(32)15-25(30-14-13-24(28)29-26(30)31)34-23(27)16-33-36(20(7)8,21(9)10)22(11)12/h13-14,17-23,25,32H,15-16H2,1-12H3,(H2,28,29,31)/t23-,25-,27-/m1/s1. The smallest absolute Gasteiger partial charge is 0.351 e. The van der Waals surface area contributed by atoms with Gasteiger partial charge in [0.1, 0.15) is 26.2 Å². The second-order valence-corrected chi connectivity index (χ2v) is 24.4. The summed E-state index contributed by atoms with van der Waals surface area (Å²) in [7, 11) is -4.65. The first-order valence-electron chi connectivity index (χ1n) is 13.9. The van der Waals surface area contributed by atoms with Gasteiger partial charge in [-0.25, -0.2) is 4.79 Å². The van der Waals surface area contributed by atoms with E-state index in [0.29, 0.717) is 46.3 Å². The molecule has 0 amide bonds. The summed E-state index contributed by atoms with van der Waals surface area (Å²) in [6.07, 6.45) is 0.861. The van der Waals surface area contributed by atoms with Gasteiger partial charge in [0, 0.05) is 12.6 Å². The Balaban J connectivity index is 2.66. The molecule has 0 aromatic carbocycles. The molecule has 1 fully saturated rings. The lowest BCUT2D eigenvalue weighted by atomic mass is 10.1. The quantitative estimate of drug-likeness (QED) is 0.322. The minimum Gasteiger partial charge on any atom is -0.413 e. The first kappa shape index (κ1) is 31.2. The van der Waals surface area contributed by atoms with Crippen LogP contribution in [0.2, 0.25) is 33.2 Å². The van der Waals surface area contributed by atoms with Crippen molar-refractivity contribution in [1.82, 2.24) is 9.55 Å². The molecule has 1 aliphatic heterocycles. The maximum Gasteiger partial charge on any atom is 0.351 e. The van der Waals surface area contributed by atoms with Crippen molar-refractivity contribution in [2.75, 3.05) is 12.3 Å². The molecule has 0 bridgehead atoms. The van der Waals surface area contributed by atoms with E-state index in [1.165, 1.54) is 4.57 Å². The van der Waals surface area contributed by atoms with E-state index in [4.69, 9.17) is 14.9 Å². The first-order chi connectivity index (χ1) is 16.5. The average molecular weight is 540 g/mol. The molecule has 1 aromatic heterocycles. The van der Waals surface area contributed by atoms with Gasteiger partial charge in [0.05, 0.1) is 11.8 Å². The third-order valence-corrected chi connectivity index (χ3v) is 23.1. The Morgan fingerprint density at radius 1 is 1.00 bits per heavy atom. The first-order valence-corrected chi connectivity index (χ1v) is 18.2. The third-order valence-electron chi connectivity index (χ3n) is 9.31. The molecule has 0 aliphatic carbocycles. The summed E-state index contributed by atoms with van der Waals surface area (Å²) >= 11 is 0. The van der Waals surface area contributed by atoms with Gasteiger partial charge in [-0.15, -0.1) is 0 Å². The third kappa shape index (κ3) is 5.02. The SMILES string of the molecule is CC(C)[Si](OC[C@H]1O[C@@H](n2ccc(N)nc2=O)C[C@@]1(O)[Si](C(C)C)(C(C)C)C(C)C)(C(C)C)C(C)C. The molecule has 0 saturated carbocycles. The van der Waals surface area contributed by atoms with E-state index in [-0.39, 0.29) is 5.82 Å². The van der Waals surface area contributed by atoms with Crippen molar-refractivity contribution in [3.63, 3.8) is 0 Å². The van der Waals surface area contributed by atoms with Crippen LogP contribution in [0, 0.1) is 0 Å². The molecule has 0 radical (unpaired) electrons. The Bertz CT molecular complexity index is 888. The average Bonchev–Trinajstić information content (AvgIpc) is 3.04. The van der Waals surface area contributed by atoms with Crippen molar-refractivity contribution in [2.45, 2.75) is 140 Å². The van der Waals surface area contributed by atoms with Crippen LogP contribution in [0.25, 0.3) is 0 Å². The molecule has 0 spiro atoms. The zero-order valence-corrected chi connectivity index (χ0v) is 26.8. The normalized spacial score (nSPS) is 23.9. The van der Waals surface area contributed by atoms with E-state index >= 15 is 0 Å². The number of nitrogen functional groups attached to an aromatic ring is 1. The van der Waals surface area contributed by atoms with E-state index in [9.17, 15) is 9.90 Å². The monoisotopic (exact) mass is 539 g/mol. The summed E-state index contributed by atoms with van der Waals surface area (Å²) in [5, 5.41) is 11.8. The van der Waals surface area contributed by atoms with Crippen molar-refractivity contribution in [2.24, 2.45) is 0 Å². The highest BCUT2D eigenvalue weighted by atomic mass is 28.4. The van der Waals surface area contributed by atoms with Gasteiger partial charge in [-0.3, -0.25) is 4.57 Å². The lowest BCUT2D eigenvalue weighted by molar-refractivity contribution is -0.0581. The fraction of sp³-hybridized carbons (Fsp3) is 0.852. The predicted octanol–water partition coefficient (Wildman–Crippen LogP) is 6.25. The van der Waals surface area contributed by atoms with Gasteiger partial charge in [-0.1, -0.05) is 83.1 Å². The Kier molecular flexibility index (Phi) is 9.88. The summed E-state index contributed by atoms with van der Waals surface area (Å²) in [6.45, 7) is 27.5. The van der Waals surface area contributed by atoms with Gasteiger partial charge >= 0.3 is 5.69 Å². The van der Waals surface area contributed by atoms with Crippen LogP contribution in [0.3, 0.4) is 0 Å². The fourth-order valence-corrected chi connectivity index (χ4v) is 22.1. The molecule has 1 aliphatic rings. The summed E-state index contributed by atoms with van der Waals surface area (Å²) in [6, 6.07) is 1.61. The fourth-order valence-electron chi connectivity index (χ4n) is 8.41. The van der Waals surface area contributed by atoms with Crippen molar-refractivity contribution in [1.29, 1.82) is 0 Å². The number of nitrogens with two attached hydrogens (primary N) is 1. The number of nitrogens with zero attached hydrogens (tertiary/aromatic N) is 2. The van der Waals surface area contributed by atoms with E-state index < -0.39 is 39.6 Å². The molecule has 1 saturated heterocycles. The molecule has 3 N–H and O–H groups in total. The molecular formula is C27H53N3O4Si2. The van der Waals surface area contributed by atoms with Crippen LogP contribution in [0.5, 0.6) is 0 Å². The van der Waals surface area contributed by atoms with Crippen LogP contribution < -0.4 is 11.4 Å². The van der Waals surface area contributed by atoms with Crippen molar-refractivity contribution < 1.29 is 14.3 Å². The van der Waals surface area contributed by atoms with E-state index in [1.807, 2.05) is 0 Å². The van der Waals surface area contributed by atoms with Gasteiger partial charge in [-0.05, 0) is 39.3 Å².